The summed E-state index contributed by atoms with van der Waals surface area (Å²) in [6.07, 6.45) is 1.15. The van der Waals surface area contributed by atoms with Crippen molar-refractivity contribution >= 4 is 21.6 Å². The van der Waals surface area contributed by atoms with Crippen molar-refractivity contribution in [3.05, 3.63) is 28.7 Å². The fraction of sp³-hybridized carbons (Fsp3) is 0.400. The molecule has 0 radical (unpaired) electrons. The number of rotatable bonds is 3. The van der Waals surface area contributed by atoms with Gasteiger partial charge in [0.2, 0.25) is 0 Å². The van der Waals surface area contributed by atoms with Crippen molar-refractivity contribution in [1.29, 1.82) is 0 Å². The van der Waals surface area contributed by atoms with Crippen molar-refractivity contribution in [2.45, 2.75) is 26.3 Å². The van der Waals surface area contributed by atoms with E-state index in [1.807, 2.05) is 12.1 Å². The van der Waals surface area contributed by atoms with E-state index in [4.69, 9.17) is 0 Å². The van der Waals surface area contributed by atoms with Crippen LogP contribution in [0.15, 0.2) is 28.7 Å². The van der Waals surface area contributed by atoms with E-state index in [1.54, 1.807) is 0 Å². The number of hydrogen-bond donors (Lipinski definition) is 1. The molecule has 0 heterocycles. The van der Waals surface area contributed by atoms with Gasteiger partial charge in [0.15, 0.2) is 0 Å². The molecule has 0 aliphatic rings. The Morgan fingerprint density at radius 1 is 1.50 bits per heavy atom. The first kappa shape index (κ1) is 9.59. The highest BCUT2D eigenvalue weighted by Gasteiger charge is 1.97. The van der Waals surface area contributed by atoms with Gasteiger partial charge in [-0.2, -0.15) is 0 Å². The predicted molar refractivity (Wildman–Crippen MR) is 57.5 cm³/mol. The smallest absolute Gasteiger partial charge is 0.0353 e. The first-order chi connectivity index (χ1) is 5.72. The van der Waals surface area contributed by atoms with Crippen LogP contribution < -0.4 is 5.32 Å². The molecular formula is C10H14BrN. The van der Waals surface area contributed by atoms with Gasteiger partial charge < -0.3 is 5.32 Å². The van der Waals surface area contributed by atoms with Crippen molar-refractivity contribution in [3.63, 3.8) is 0 Å². The average Bonchev–Trinajstić information content (AvgIpc) is 2.04. The average molecular weight is 228 g/mol. The third-order valence-corrected chi connectivity index (χ3v) is 2.34. The van der Waals surface area contributed by atoms with Crippen LogP contribution in [0.5, 0.6) is 0 Å². The number of anilines is 1. The quantitative estimate of drug-likeness (QED) is 0.832. The molecule has 0 aromatic heterocycles. The van der Waals surface area contributed by atoms with E-state index in [1.165, 1.54) is 5.69 Å². The van der Waals surface area contributed by atoms with Gasteiger partial charge in [-0.1, -0.05) is 28.9 Å². The summed E-state index contributed by atoms with van der Waals surface area (Å²) in [5.41, 5.74) is 1.18. The first-order valence-corrected chi connectivity index (χ1v) is 5.03. The van der Waals surface area contributed by atoms with Crippen molar-refractivity contribution in [1.82, 2.24) is 0 Å². The lowest BCUT2D eigenvalue weighted by atomic mass is 10.2. The molecule has 1 N–H and O–H groups in total. The van der Waals surface area contributed by atoms with Crippen LogP contribution in [0.4, 0.5) is 5.69 Å². The van der Waals surface area contributed by atoms with E-state index < -0.39 is 0 Å². The highest BCUT2D eigenvalue weighted by atomic mass is 79.9. The molecule has 1 aromatic rings. The van der Waals surface area contributed by atoms with Gasteiger partial charge in [-0.25, -0.2) is 0 Å². The van der Waals surface area contributed by atoms with Gasteiger partial charge >= 0.3 is 0 Å². The minimum absolute atomic E-state index is 0.541. The second kappa shape index (κ2) is 4.51. The van der Waals surface area contributed by atoms with Crippen LogP contribution in [0, 0.1) is 0 Å². The molecule has 0 bridgehead atoms. The maximum absolute atomic E-state index is 3.43. The van der Waals surface area contributed by atoms with Crippen molar-refractivity contribution < 1.29 is 0 Å². The van der Waals surface area contributed by atoms with E-state index in [0.29, 0.717) is 6.04 Å². The third kappa shape index (κ3) is 2.86. The van der Waals surface area contributed by atoms with E-state index >= 15 is 0 Å². The standard InChI is InChI=1S/C10H14BrN/c1-3-8(2)12-10-6-4-5-9(11)7-10/h4-8,12H,3H2,1-2H3/t8-/m1/s1. The lowest BCUT2D eigenvalue weighted by molar-refractivity contribution is 0.764. The fourth-order valence-corrected chi connectivity index (χ4v) is 1.36. The molecule has 1 aromatic carbocycles. The number of nitrogens with one attached hydrogen (secondary N) is 1. The number of halogens is 1. The molecule has 1 atom stereocenters. The molecule has 0 aliphatic heterocycles. The molecule has 0 unspecified atom stereocenters. The Balaban J connectivity index is 2.63. The molecule has 1 rings (SSSR count). The largest absolute Gasteiger partial charge is 0.383 e. The monoisotopic (exact) mass is 227 g/mol. The summed E-state index contributed by atoms with van der Waals surface area (Å²) >= 11 is 3.43. The van der Waals surface area contributed by atoms with Crippen LogP contribution in [0.3, 0.4) is 0 Å². The topological polar surface area (TPSA) is 12.0 Å². The van der Waals surface area contributed by atoms with Gasteiger partial charge in [0.05, 0.1) is 0 Å². The van der Waals surface area contributed by atoms with Crippen molar-refractivity contribution in [3.8, 4) is 0 Å². The Kier molecular flexibility index (Phi) is 3.60. The van der Waals surface area contributed by atoms with E-state index in [-0.39, 0.29) is 0 Å². The van der Waals surface area contributed by atoms with E-state index in [2.05, 4.69) is 47.2 Å². The van der Waals surface area contributed by atoms with E-state index in [0.717, 1.165) is 10.9 Å². The lowest BCUT2D eigenvalue weighted by Gasteiger charge is -2.12. The molecule has 0 spiro atoms. The van der Waals surface area contributed by atoms with Crippen molar-refractivity contribution in [2.24, 2.45) is 0 Å². The Morgan fingerprint density at radius 3 is 2.83 bits per heavy atom. The fourth-order valence-electron chi connectivity index (χ4n) is 0.965. The summed E-state index contributed by atoms with van der Waals surface area (Å²) < 4.78 is 1.12. The highest BCUT2D eigenvalue weighted by molar-refractivity contribution is 9.10. The first-order valence-electron chi connectivity index (χ1n) is 4.24. The van der Waals surface area contributed by atoms with Crippen molar-refractivity contribution in [2.75, 3.05) is 5.32 Å². The van der Waals surface area contributed by atoms with Gasteiger partial charge in [-0.15, -0.1) is 0 Å². The molecule has 12 heavy (non-hydrogen) atoms. The SMILES string of the molecule is CC[C@@H](C)Nc1cccc(Br)c1. The summed E-state index contributed by atoms with van der Waals surface area (Å²) in [5, 5.41) is 3.40. The Hall–Kier alpha value is -0.500. The molecule has 0 saturated heterocycles. The Bertz CT molecular complexity index is 247. The van der Waals surface area contributed by atoms with Gasteiger partial charge in [0, 0.05) is 16.2 Å². The normalized spacial score (nSPS) is 12.6. The van der Waals surface area contributed by atoms with Crippen LogP contribution in [-0.2, 0) is 0 Å². The van der Waals surface area contributed by atoms with Gasteiger partial charge in [-0.05, 0) is 31.5 Å². The van der Waals surface area contributed by atoms with Gasteiger partial charge in [0.25, 0.3) is 0 Å². The Morgan fingerprint density at radius 2 is 2.25 bits per heavy atom. The van der Waals surface area contributed by atoms with Crippen LogP contribution in [-0.4, -0.2) is 6.04 Å². The molecule has 0 aliphatic carbocycles. The summed E-state index contributed by atoms with van der Waals surface area (Å²) in [6, 6.07) is 8.78. The molecular weight excluding hydrogens is 214 g/mol. The number of hydrogen-bond acceptors (Lipinski definition) is 1. The third-order valence-electron chi connectivity index (χ3n) is 1.85. The maximum Gasteiger partial charge on any atom is 0.0353 e. The summed E-state index contributed by atoms with van der Waals surface area (Å²) in [6.45, 7) is 4.36. The molecule has 66 valence electrons. The lowest BCUT2D eigenvalue weighted by Crippen LogP contribution is -2.12. The molecule has 2 heteroatoms. The zero-order valence-corrected chi connectivity index (χ0v) is 9.06. The van der Waals surface area contributed by atoms with Crippen LogP contribution >= 0.6 is 15.9 Å². The van der Waals surface area contributed by atoms with Crippen LogP contribution in [0.25, 0.3) is 0 Å². The second-order valence-corrected chi connectivity index (χ2v) is 3.88. The minimum Gasteiger partial charge on any atom is -0.383 e. The zero-order valence-electron chi connectivity index (χ0n) is 7.47. The van der Waals surface area contributed by atoms with Crippen LogP contribution in [0.1, 0.15) is 20.3 Å². The second-order valence-electron chi connectivity index (χ2n) is 2.96. The summed E-state index contributed by atoms with van der Waals surface area (Å²) in [7, 11) is 0. The van der Waals surface area contributed by atoms with Gasteiger partial charge in [0.1, 0.15) is 0 Å². The predicted octanol–water partition coefficient (Wildman–Crippen LogP) is 3.66. The zero-order chi connectivity index (χ0) is 8.97. The summed E-state index contributed by atoms with van der Waals surface area (Å²) in [5.74, 6) is 0. The molecule has 1 nitrogen and oxygen atoms in total. The van der Waals surface area contributed by atoms with Crippen LogP contribution in [0.2, 0.25) is 0 Å². The molecule has 0 saturated carbocycles. The maximum atomic E-state index is 3.43. The molecule has 0 fully saturated rings. The molecule has 0 amide bonds. The van der Waals surface area contributed by atoms with Gasteiger partial charge in [-0.3, -0.25) is 0 Å². The minimum atomic E-state index is 0.541. The van der Waals surface area contributed by atoms with E-state index in [9.17, 15) is 0 Å². The Labute approximate surface area is 82.3 Å². The number of benzene rings is 1. The highest BCUT2D eigenvalue weighted by Crippen LogP contribution is 2.16. The summed E-state index contributed by atoms with van der Waals surface area (Å²) in [4.78, 5) is 0.